The Morgan fingerprint density at radius 3 is 2.31 bits per heavy atom. The average molecular weight is 220 g/mol. The summed E-state index contributed by atoms with van der Waals surface area (Å²) in [6.07, 6.45) is 0.818. The molecule has 0 unspecified atom stereocenters. The Kier molecular flexibility index (Phi) is 3.31. The van der Waals surface area contributed by atoms with Crippen molar-refractivity contribution in [1.29, 1.82) is 0 Å². The number of hydrogen-bond donors (Lipinski definition) is 0. The van der Waals surface area contributed by atoms with Crippen LogP contribution in [0.25, 0.3) is 0 Å². The summed E-state index contributed by atoms with van der Waals surface area (Å²) in [4.78, 5) is 0. The van der Waals surface area contributed by atoms with Crippen molar-refractivity contribution in [2.75, 3.05) is 13.2 Å². The molecule has 88 valence electrons. The van der Waals surface area contributed by atoms with Crippen molar-refractivity contribution in [3.05, 3.63) is 35.4 Å². The Hall–Kier alpha value is -0.860. The summed E-state index contributed by atoms with van der Waals surface area (Å²) in [5, 5.41) is 0. The van der Waals surface area contributed by atoms with E-state index in [1.54, 1.807) is 0 Å². The SMILES string of the molecule is CC(C)(C)c1ccccc1C1OCCCO1. The minimum absolute atomic E-state index is 0.126. The van der Waals surface area contributed by atoms with Crippen molar-refractivity contribution < 1.29 is 9.47 Å². The minimum Gasteiger partial charge on any atom is -0.348 e. The van der Waals surface area contributed by atoms with E-state index in [1.807, 2.05) is 6.07 Å². The lowest BCUT2D eigenvalue weighted by atomic mass is 9.83. The standard InChI is InChI=1S/C14H20O2/c1-14(2,3)12-8-5-4-7-11(12)13-15-9-6-10-16-13/h4-5,7-8,13H,6,9-10H2,1-3H3. The molecule has 0 radical (unpaired) electrons. The van der Waals surface area contributed by atoms with Gasteiger partial charge in [0.05, 0.1) is 13.2 Å². The van der Waals surface area contributed by atoms with Crippen LogP contribution in [0.5, 0.6) is 0 Å². The van der Waals surface area contributed by atoms with Gasteiger partial charge in [0.25, 0.3) is 0 Å². The molecule has 2 rings (SSSR count). The largest absolute Gasteiger partial charge is 0.348 e. The van der Waals surface area contributed by atoms with E-state index in [1.165, 1.54) is 11.1 Å². The van der Waals surface area contributed by atoms with Gasteiger partial charge < -0.3 is 9.47 Å². The summed E-state index contributed by atoms with van der Waals surface area (Å²) in [5.41, 5.74) is 2.61. The van der Waals surface area contributed by atoms with E-state index in [9.17, 15) is 0 Å². The maximum absolute atomic E-state index is 5.68. The van der Waals surface area contributed by atoms with Gasteiger partial charge >= 0.3 is 0 Å². The summed E-state index contributed by atoms with van der Waals surface area (Å²) in [6.45, 7) is 8.24. The highest BCUT2D eigenvalue weighted by atomic mass is 16.7. The van der Waals surface area contributed by atoms with Gasteiger partial charge in [0.2, 0.25) is 0 Å². The lowest BCUT2D eigenvalue weighted by Crippen LogP contribution is -2.22. The zero-order chi connectivity index (χ0) is 11.6. The maximum Gasteiger partial charge on any atom is 0.184 e. The molecule has 0 saturated carbocycles. The van der Waals surface area contributed by atoms with Crippen molar-refractivity contribution in [1.82, 2.24) is 0 Å². The molecule has 0 bridgehead atoms. The average Bonchev–Trinajstić information content (AvgIpc) is 2.29. The fourth-order valence-corrected chi connectivity index (χ4v) is 2.05. The molecule has 0 amide bonds. The summed E-state index contributed by atoms with van der Waals surface area (Å²) >= 11 is 0. The first-order chi connectivity index (χ1) is 7.59. The number of ether oxygens (including phenoxy) is 2. The Morgan fingerprint density at radius 1 is 1.06 bits per heavy atom. The van der Waals surface area contributed by atoms with E-state index < -0.39 is 0 Å². The first kappa shape index (κ1) is 11.6. The fraction of sp³-hybridized carbons (Fsp3) is 0.571. The third-order valence-electron chi connectivity index (χ3n) is 2.85. The van der Waals surface area contributed by atoms with Crippen molar-refractivity contribution >= 4 is 0 Å². The van der Waals surface area contributed by atoms with Gasteiger partial charge in [-0.2, -0.15) is 0 Å². The maximum atomic E-state index is 5.68. The van der Waals surface area contributed by atoms with Crippen LogP contribution in [0.15, 0.2) is 24.3 Å². The van der Waals surface area contributed by atoms with Gasteiger partial charge in [0.1, 0.15) is 0 Å². The molecule has 1 aromatic rings. The van der Waals surface area contributed by atoms with Crippen LogP contribution in [0.4, 0.5) is 0 Å². The molecule has 16 heavy (non-hydrogen) atoms. The van der Waals surface area contributed by atoms with Crippen LogP contribution in [-0.4, -0.2) is 13.2 Å². The first-order valence-electron chi connectivity index (χ1n) is 5.91. The molecule has 0 aromatic heterocycles. The van der Waals surface area contributed by atoms with Crippen LogP contribution in [0.3, 0.4) is 0 Å². The zero-order valence-electron chi connectivity index (χ0n) is 10.3. The topological polar surface area (TPSA) is 18.5 Å². The third kappa shape index (κ3) is 2.45. The highest BCUT2D eigenvalue weighted by Crippen LogP contribution is 2.32. The molecule has 1 aliphatic rings. The lowest BCUT2D eigenvalue weighted by Gasteiger charge is -2.29. The van der Waals surface area contributed by atoms with Crippen LogP contribution < -0.4 is 0 Å². The van der Waals surface area contributed by atoms with Gasteiger partial charge in [-0.25, -0.2) is 0 Å². The predicted octanol–water partition coefficient (Wildman–Crippen LogP) is 3.42. The van der Waals surface area contributed by atoms with Gasteiger partial charge in [-0.15, -0.1) is 0 Å². The molecular formula is C14H20O2. The van der Waals surface area contributed by atoms with E-state index >= 15 is 0 Å². The van der Waals surface area contributed by atoms with E-state index in [-0.39, 0.29) is 11.7 Å². The quantitative estimate of drug-likeness (QED) is 0.722. The number of hydrogen-bond acceptors (Lipinski definition) is 2. The van der Waals surface area contributed by atoms with E-state index in [4.69, 9.17) is 9.47 Å². The molecule has 1 aliphatic heterocycles. The second-order valence-electron chi connectivity index (χ2n) is 5.26. The van der Waals surface area contributed by atoms with Gasteiger partial charge in [0.15, 0.2) is 6.29 Å². The Labute approximate surface area is 97.6 Å². The third-order valence-corrected chi connectivity index (χ3v) is 2.85. The molecule has 1 aromatic carbocycles. The van der Waals surface area contributed by atoms with E-state index in [2.05, 4.69) is 39.0 Å². The van der Waals surface area contributed by atoms with Crippen LogP contribution in [-0.2, 0) is 14.9 Å². The van der Waals surface area contributed by atoms with Crippen LogP contribution in [0.1, 0.15) is 44.6 Å². The van der Waals surface area contributed by atoms with Crippen LogP contribution in [0.2, 0.25) is 0 Å². The lowest BCUT2D eigenvalue weighted by molar-refractivity contribution is -0.183. The molecule has 1 saturated heterocycles. The van der Waals surface area contributed by atoms with E-state index in [0.29, 0.717) is 0 Å². The molecule has 2 heteroatoms. The van der Waals surface area contributed by atoms with Crippen molar-refractivity contribution in [2.24, 2.45) is 0 Å². The smallest absolute Gasteiger partial charge is 0.184 e. The number of rotatable bonds is 1. The molecule has 0 spiro atoms. The second kappa shape index (κ2) is 4.56. The van der Waals surface area contributed by atoms with Crippen molar-refractivity contribution in [2.45, 2.75) is 38.9 Å². The molecule has 0 atom stereocenters. The van der Waals surface area contributed by atoms with Crippen molar-refractivity contribution in [3.8, 4) is 0 Å². The second-order valence-corrected chi connectivity index (χ2v) is 5.26. The molecule has 1 heterocycles. The first-order valence-corrected chi connectivity index (χ1v) is 5.91. The summed E-state index contributed by atoms with van der Waals surface area (Å²) in [7, 11) is 0. The van der Waals surface area contributed by atoms with Gasteiger partial charge in [-0.05, 0) is 17.4 Å². The minimum atomic E-state index is -0.177. The molecule has 0 aliphatic carbocycles. The molecule has 0 N–H and O–H groups in total. The van der Waals surface area contributed by atoms with Crippen LogP contribution in [0, 0.1) is 0 Å². The van der Waals surface area contributed by atoms with Gasteiger partial charge in [-0.3, -0.25) is 0 Å². The highest BCUT2D eigenvalue weighted by molar-refractivity contribution is 5.33. The Morgan fingerprint density at radius 2 is 1.69 bits per heavy atom. The Balaban J connectivity index is 2.32. The summed E-state index contributed by atoms with van der Waals surface area (Å²) < 4.78 is 11.4. The predicted molar refractivity (Wildman–Crippen MR) is 64.4 cm³/mol. The molecule has 1 fully saturated rings. The Bertz CT molecular complexity index is 346. The zero-order valence-corrected chi connectivity index (χ0v) is 10.3. The summed E-state index contributed by atoms with van der Waals surface area (Å²) in [5.74, 6) is 0. The number of benzene rings is 1. The molecule has 2 nitrogen and oxygen atoms in total. The summed E-state index contributed by atoms with van der Waals surface area (Å²) in [6, 6.07) is 8.39. The highest BCUT2D eigenvalue weighted by Gasteiger charge is 2.24. The normalized spacial score (nSPS) is 18.7. The van der Waals surface area contributed by atoms with Crippen LogP contribution >= 0.6 is 0 Å². The van der Waals surface area contributed by atoms with E-state index in [0.717, 1.165) is 19.6 Å². The molecular weight excluding hydrogens is 200 g/mol. The van der Waals surface area contributed by atoms with Crippen molar-refractivity contribution in [3.63, 3.8) is 0 Å². The van der Waals surface area contributed by atoms with Gasteiger partial charge in [-0.1, -0.05) is 45.0 Å². The van der Waals surface area contributed by atoms with Gasteiger partial charge in [0, 0.05) is 5.56 Å². The monoisotopic (exact) mass is 220 g/mol. The fourth-order valence-electron chi connectivity index (χ4n) is 2.05.